The van der Waals surface area contributed by atoms with E-state index in [-0.39, 0.29) is 0 Å². The summed E-state index contributed by atoms with van der Waals surface area (Å²) in [5.74, 6) is 2.69. The van der Waals surface area contributed by atoms with Gasteiger partial charge in [-0.15, -0.1) is 0 Å². The monoisotopic (exact) mass is 214 g/mol. The molecular formula is C11H22N2S. The predicted octanol–water partition coefficient (Wildman–Crippen LogP) is 1.57. The maximum Gasteiger partial charge on any atom is 0.0280 e. The van der Waals surface area contributed by atoms with E-state index in [1.54, 1.807) is 0 Å². The Balaban J connectivity index is 1.82. The highest BCUT2D eigenvalue weighted by Crippen LogP contribution is 2.21. The van der Waals surface area contributed by atoms with Gasteiger partial charge in [0.15, 0.2) is 0 Å². The molecule has 0 aromatic rings. The normalized spacial score (nSPS) is 35.8. The van der Waals surface area contributed by atoms with Gasteiger partial charge in [0.1, 0.15) is 0 Å². The molecule has 0 saturated carbocycles. The third kappa shape index (κ3) is 2.88. The van der Waals surface area contributed by atoms with Gasteiger partial charge in [0.2, 0.25) is 0 Å². The first-order valence-corrected chi connectivity index (χ1v) is 6.99. The van der Waals surface area contributed by atoms with E-state index in [0.717, 1.165) is 0 Å². The van der Waals surface area contributed by atoms with E-state index in [0.29, 0.717) is 5.54 Å². The number of thioether (sulfide) groups is 1. The number of hydrogen-bond donors (Lipinski definition) is 1. The topological polar surface area (TPSA) is 15.3 Å². The second-order valence-corrected chi connectivity index (χ2v) is 6.06. The van der Waals surface area contributed by atoms with E-state index < -0.39 is 0 Å². The molecule has 1 unspecified atom stereocenters. The van der Waals surface area contributed by atoms with Crippen molar-refractivity contribution in [1.82, 2.24) is 10.2 Å². The highest BCUT2D eigenvalue weighted by molar-refractivity contribution is 7.99. The first-order chi connectivity index (χ1) is 6.79. The van der Waals surface area contributed by atoms with Gasteiger partial charge < -0.3 is 10.2 Å². The van der Waals surface area contributed by atoms with Crippen LogP contribution >= 0.6 is 11.8 Å². The quantitative estimate of drug-likeness (QED) is 0.751. The molecule has 3 heteroatoms. The lowest BCUT2D eigenvalue weighted by atomic mass is 9.99. The first-order valence-electron chi connectivity index (χ1n) is 5.84. The van der Waals surface area contributed by atoms with Crippen molar-refractivity contribution >= 4 is 11.8 Å². The zero-order chi connectivity index (χ0) is 9.86. The van der Waals surface area contributed by atoms with Crippen molar-refractivity contribution in [3.8, 4) is 0 Å². The highest BCUT2D eigenvalue weighted by Gasteiger charge is 2.30. The minimum Gasteiger partial charge on any atom is -0.310 e. The molecule has 2 nitrogen and oxygen atoms in total. The van der Waals surface area contributed by atoms with Crippen molar-refractivity contribution in [3.63, 3.8) is 0 Å². The molecule has 14 heavy (non-hydrogen) atoms. The number of hydrogen-bond acceptors (Lipinski definition) is 3. The van der Waals surface area contributed by atoms with Gasteiger partial charge in [-0.05, 0) is 45.0 Å². The van der Waals surface area contributed by atoms with Crippen LogP contribution in [-0.4, -0.2) is 48.1 Å². The molecule has 82 valence electrons. The van der Waals surface area contributed by atoms with E-state index in [1.165, 1.54) is 56.9 Å². The Bertz CT molecular complexity index is 170. The molecule has 2 rings (SSSR count). The van der Waals surface area contributed by atoms with Crippen molar-refractivity contribution in [2.45, 2.75) is 31.7 Å². The molecule has 2 fully saturated rings. The molecule has 0 aliphatic carbocycles. The van der Waals surface area contributed by atoms with Gasteiger partial charge in [-0.25, -0.2) is 0 Å². The van der Waals surface area contributed by atoms with E-state index in [1.807, 2.05) is 0 Å². The Kier molecular flexibility index (Phi) is 3.74. The first kappa shape index (κ1) is 10.8. The summed E-state index contributed by atoms with van der Waals surface area (Å²) >= 11 is 2.11. The van der Waals surface area contributed by atoms with Crippen LogP contribution in [0.5, 0.6) is 0 Å². The largest absolute Gasteiger partial charge is 0.310 e. The summed E-state index contributed by atoms with van der Waals surface area (Å²) in [4.78, 5) is 2.65. The van der Waals surface area contributed by atoms with Gasteiger partial charge in [-0.1, -0.05) is 0 Å². The molecule has 0 aromatic carbocycles. The van der Waals surface area contributed by atoms with Crippen LogP contribution in [0.2, 0.25) is 0 Å². The van der Waals surface area contributed by atoms with E-state index in [9.17, 15) is 0 Å². The molecular weight excluding hydrogens is 192 g/mol. The molecule has 0 spiro atoms. The fourth-order valence-electron chi connectivity index (χ4n) is 2.54. The van der Waals surface area contributed by atoms with Gasteiger partial charge >= 0.3 is 0 Å². The molecule has 2 aliphatic heterocycles. The van der Waals surface area contributed by atoms with Crippen LogP contribution in [0, 0.1) is 0 Å². The Morgan fingerprint density at radius 2 is 2.21 bits per heavy atom. The number of rotatable bonds is 2. The van der Waals surface area contributed by atoms with Crippen LogP contribution in [0.25, 0.3) is 0 Å². The smallest absolute Gasteiger partial charge is 0.0280 e. The highest BCUT2D eigenvalue weighted by atomic mass is 32.2. The number of nitrogens with one attached hydrogen (secondary N) is 1. The lowest BCUT2D eigenvalue weighted by Gasteiger charge is -2.31. The summed E-state index contributed by atoms with van der Waals surface area (Å²) < 4.78 is 0. The van der Waals surface area contributed by atoms with Gasteiger partial charge in [0, 0.05) is 24.4 Å². The van der Waals surface area contributed by atoms with Crippen LogP contribution < -0.4 is 5.32 Å². The summed E-state index contributed by atoms with van der Waals surface area (Å²) in [6, 6.07) is 0. The molecule has 0 amide bonds. The van der Waals surface area contributed by atoms with Crippen molar-refractivity contribution in [1.29, 1.82) is 0 Å². The zero-order valence-electron chi connectivity index (χ0n) is 9.22. The summed E-state index contributed by atoms with van der Waals surface area (Å²) in [7, 11) is 0. The van der Waals surface area contributed by atoms with Crippen molar-refractivity contribution in [2.24, 2.45) is 0 Å². The molecule has 2 heterocycles. The molecule has 1 N–H and O–H groups in total. The lowest BCUT2D eigenvalue weighted by molar-refractivity contribution is 0.216. The zero-order valence-corrected chi connectivity index (χ0v) is 10.0. The summed E-state index contributed by atoms with van der Waals surface area (Å²) in [6.45, 7) is 7.47. The van der Waals surface area contributed by atoms with Crippen molar-refractivity contribution in [3.05, 3.63) is 0 Å². The molecule has 2 saturated heterocycles. The van der Waals surface area contributed by atoms with Crippen molar-refractivity contribution < 1.29 is 0 Å². The minimum absolute atomic E-state index is 0.412. The maximum absolute atomic E-state index is 3.65. The number of nitrogens with zero attached hydrogens (tertiary/aromatic N) is 1. The maximum atomic E-state index is 3.65. The fourth-order valence-corrected chi connectivity index (χ4v) is 3.47. The van der Waals surface area contributed by atoms with Crippen LogP contribution in [-0.2, 0) is 0 Å². The third-order valence-electron chi connectivity index (χ3n) is 3.34. The molecule has 2 aliphatic rings. The summed E-state index contributed by atoms with van der Waals surface area (Å²) in [5, 5.41) is 3.65. The molecule has 1 atom stereocenters. The average molecular weight is 214 g/mol. The Morgan fingerprint density at radius 3 is 3.00 bits per heavy atom. The Labute approximate surface area is 91.8 Å². The van der Waals surface area contributed by atoms with Gasteiger partial charge in [-0.3, -0.25) is 0 Å². The Hall–Kier alpha value is 0.270. The SMILES string of the molecule is CC1(CN2CCCSCC2)CCCN1. The fraction of sp³-hybridized carbons (Fsp3) is 1.00. The standard InChI is InChI=1S/C11H22N2S/c1-11(4-2-5-12-11)10-13-6-3-8-14-9-7-13/h12H,2-10H2,1H3. The van der Waals surface area contributed by atoms with Crippen LogP contribution in [0.4, 0.5) is 0 Å². The van der Waals surface area contributed by atoms with Gasteiger partial charge in [0.25, 0.3) is 0 Å². The second-order valence-electron chi connectivity index (χ2n) is 4.83. The average Bonchev–Trinajstić information content (AvgIpc) is 2.43. The third-order valence-corrected chi connectivity index (χ3v) is 4.39. The molecule has 0 aromatic heterocycles. The van der Waals surface area contributed by atoms with E-state index in [4.69, 9.17) is 0 Å². The predicted molar refractivity (Wildman–Crippen MR) is 64.0 cm³/mol. The van der Waals surface area contributed by atoms with E-state index >= 15 is 0 Å². The van der Waals surface area contributed by atoms with Crippen LogP contribution in [0.3, 0.4) is 0 Å². The van der Waals surface area contributed by atoms with Gasteiger partial charge in [0.05, 0.1) is 0 Å². The summed E-state index contributed by atoms with van der Waals surface area (Å²) in [6.07, 6.45) is 4.09. The van der Waals surface area contributed by atoms with Crippen LogP contribution in [0.1, 0.15) is 26.2 Å². The van der Waals surface area contributed by atoms with Crippen LogP contribution in [0.15, 0.2) is 0 Å². The van der Waals surface area contributed by atoms with E-state index in [2.05, 4.69) is 28.9 Å². The second kappa shape index (κ2) is 4.86. The lowest BCUT2D eigenvalue weighted by Crippen LogP contribution is -2.48. The summed E-state index contributed by atoms with van der Waals surface area (Å²) in [5.41, 5.74) is 0.412. The Morgan fingerprint density at radius 1 is 1.29 bits per heavy atom. The van der Waals surface area contributed by atoms with Gasteiger partial charge in [-0.2, -0.15) is 11.8 Å². The molecule has 0 radical (unpaired) electrons. The minimum atomic E-state index is 0.412. The van der Waals surface area contributed by atoms with Crippen molar-refractivity contribution in [2.75, 3.05) is 37.7 Å². The molecule has 0 bridgehead atoms.